The van der Waals surface area contributed by atoms with E-state index in [2.05, 4.69) is 158 Å². The molecule has 0 N–H and O–H groups in total. The van der Waals surface area contributed by atoms with Gasteiger partial charge in [-0.1, -0.05) is 153 Å². The molecule has 10 aromatic rings. The summed E-state index contributed by atoms with van der Waals surface area (Å²) in [5.74, 6) is 0.726. The number of thiophene rings is 1. The van der Waals surface area contributed by atoms with Crippen molar-refractivity contribution < 1.29 is 4.42 Å². The van der Waals surface area contributed by atoms with Gasteiger partial charge in [-0.15, -0.1) is 11.3 Å². The van der Waals surface area contributed by atoms with Gasteiger partial charge >= 0.3 is 0 Å². The maximum Gasteiger partial charge on any atom is 0.160 e. The van der Waals surface area contributed by atoms with Crippen LogP contribution in [-0.4, -0.2) is 9.97 Å². The van der Waals surface area contributed by atoms with Crippen molar-refractivity contribution in [2.75, 3.05) is 0 Å². The Morgan fingerprint density at radius 3 is 2.07 bits per heavy atom. The fourth-order valence-electron chi connectivity index (χ4n) is 9.94. The largest absolute Gasteiger partial charge is 0.455 e. The van der Waals surface area contributed by atoms with E-state index in [4.69, 9.17) is 14.4 Å². The maximum atomic E-state index is 6.86. The number of furan rings is 1. The first-order valence-electron chi connectivity index (χ1n) is 19.8. The van der Waals surface area contributed by atoms with Crippen LogP contribution in [0.15, 0.2) is 162 Å². The van der Waals surface area contributed by atoms with Crippen LogP contribution < -0.4 is 0 Å². The quantitative estimate of drug-likeness (QED) is 0.181. The summed E-state index contributed by atoms with van der Waals surface area (Å²) in [6.45, 7) is 0. The lowest BCUT2D eigenvalue weighted by Crippen LogP contribution is -2.27. The Balaban J connectivity index is 1.03. The molecule has 0 bridgehead atoms. The predicted octanol–water partition coefficient (Wildman–Crippen LogP) is 14.6. The molecule has 12 rings (SSSR count). The molecule has 3 aromatic heterocycles. The number of hydrogen-bond acceptors (Lipinski definition) is 4. The fraction of sp³-hybridized carbons (Fsp3) is 0.115. The molecule has 3 nitrogen and oxygen atoms in total. The van der Waals surface area contributed by atoms with Crippen LogP contribution in [0.2, 0.25) is 0 Å². The summed E-state index contributed by atoms with van der Waals surface area (Å²) < 4.78 is 9.17. The van der Waals surface area contributed by atoms with Crippen LogP contribution in [0.4, 0.5) is 0 Å². The third kappa shape index (κ3) is 4.69. The zero-order valence-electron chi connectivity index (χ0n) is 30.8. The van der Waals surface area contributed by atoms with E-state index in [0.717, 1.165) is 65.8 Å². The van der Waals surface area contributed by atoms with Crippen molar-refractivity contribution in [3.63, 3.8) is 0 Å². The molecule has 2 aliphatic carbocycles. The molecule has 7 aromatic carbocycles. The van der Waals surface area contributed by atoms with Crippen LogP contribution in [-0.2, 0) is 5.41 Å². The Morgan fingerprint density at radius 2 is 1.18 bits per heavy atom. The topological polar surface area (TPSA) is 38.9 Å². The average Bonchev–Trinajstić information content (AvgIpc) is 3.92. The number of hydrogen-bond donors (Lipinski definition) is 0. The highest BCUT2D eigenvalue weighted by atomic mass is 32.1. The number of para-hydroxylation sites is 1. The molecule has 1 fully saturated rings. The van der Waals surface area contributed by atoms with Gasteiger partial charge in [0.25, 0.3) is 0 Å². The van der Waals surface area contributed by atoms with Gasteiger partial charge in [-0.05, 0) is 76.1 Å². The lowest BCUT2D eigenvalue weighted by Gasteiger charge is -2.36. The van der Waals surface area contributed by atoms with Crippen molar-refractivity contribution >= 4 is 53.6 Å². The van der Waals surface area contributed by atoms with E-state index in [9.17, 15) is 0 Å². The second-order valence-electron chi connectivity index (χ2n) is 15.5. The second kappa shape index (κ2) is 12.3. The summed E-state index contributed by atoms with van der Waals surface area (Å²) in [7, 11) is 0. The van der Waals surface area contributed by atoms with Gasteiger partial charge in [0, 0.05) is 43.0 Å². The summed E-state index contributed by atoms with van der Waals surface area (Å²) in [6, 6.07) is 57.0. The van der Waals surface area contributed by atoms with E-state index in [1.165, 1.54) is 75.7 Å². The molecule has 56 heavy (non-hydrogen) atoms. The van der Waals surface area contributed by atoms with Crippen molar-refractivity contribution in [2.45, 2.75) is 37.5 Å². The second-order valence-corrected chi connectivity index (χ2v) is 16.6. The Bertz CT molecular complexity index is 3170. The van der Waals surface area contributed by atoms with Crippen LogP contribution in [0.25, 0.3) is 98.3 Å². The highest BCUT2D eigenvalue weighted by molar-refractivity contribution is 7.26. The molecule has 1 spiro atoms. The molecule has 3 heterocycles. The van der Waals surface area contributed by atoms with E-state index >= 15 is 0 Å². The van der Waals surface area contributed by atoms with E-state index in [1.54, 1.807) is 11.3 Å². The minimum absolute atomic E-state index is 0.106. The molecule has 0 amide bonds. The molecule has 266 valence electrons. The molecule has 0 saturated heterocycles. The number of benzene rings is 7. The Morgan fingerprint density at radius 1 is 0.500 bits per heavy atom. The summed E-state index contributed by atoms with van der Waals surface area (Å²) in [6.07, 6.45) is 6.32. The molecule has 1 saturated carbocycles. The maximum absolute atomic E-state index is 6.86. The van der Waals surface area contributed by atoms with Crippen molar-refractivity contribution in [1.82, 2.24) is 9.97 Å². The van der Waals surface area contributed by atoms with Crippen molar-refractivity contribution in [3.8, 4) is 56.0 Å². The first-order valence-corrected chi connectivity index (χ1v) is 20.6. The highest BCUT2D eigenvalue weighted by Crippen LogP contribution is 2.58. The van der Waals surface area contributed by atoms with Gasteiger partial charge in [0.05, 0.1) is 15.9 Å². The molecule has 0 aliphatic heterocycles. The Hall–Kier alpha value is -6.36. The van der Waals surface area contributed by atoms with E-state index in [0.29, 0.717) is 0 Å². The number of aromatic nitrogens is 2. The molecule has 0 radical (unpaired) electrons. The lowest BCUT2D eigenvalue weighted by atomic mass is 9.68. The van der Waals surface area contributed by atoms with Gasteiger partial charge in [-0.2, -0.15) is 0 Å². The van der Waals surface area contributed by atoms with Gasteiger partial charge in [0.2, 0.25) is 0 Å². The molecular formula is C52H36N2OS. The molecule has 0 atom stereocenters. The monoisotopic (exact) mass is 736 g/mol. The fourth-order valence-corrected chi connectivity index (χ4v) is 11.1. The first kappa shape index (κ1) is 31.9. The van der Waals surface area contributed by atoms with Crippen molar-refractivity contribution in [1.29, 1.82) is 0 Å². The smallest absolute Gasteiger partial charge is 0.160 e. The number of nitrogens with zero attached hydrogens (tertiary/aromatic N) is 2. The summed E-state index contributed by atoms with van der Waals surface area (Å²) >= 11 is 1.76. The number of fused-ring (bicyclic) bond motifs is 11. The van der Waals surface area contributed by atoms with E-state index in [-0.39, 0.29) is 5.41 Å². The molecular weight excluding hydrogens is 701 g/mol. The summed E-state index contributed by atoms with van der Waals surface area (Å²) in [5.41, 5.74) is 16.5. The third-order valence-corrected chi connectivity index (χ3v) is 13.7. The zero-order valence-corrected chi connectivity index (χ0v) is 31.6. The van der Waals surface area contributed by atoms with Gasteiger partial charge in [-0.3, -0.25) is 0 Å². The first-order chi connectivity index (χ1) is 27.7. The van der Waals surface area contributed by atoms with E-state index < -0.39 is 0 Å². The van der Waals surface area contributed by atoms with Crippen molar-refractivity contribution in [3.05, 3.63) is 169 Å². The van der Waals surface area contributed by atoms with Gasteiger partial charge < -0.3 is 4.42 Å². The van der Waals surface area contributed by atoms with Crippen LogP contribution in [0.3, 0.4) is 0 Å². The zero-order chi connectivity index (χ0) is 36.8. The molecule has 4 heteroatoms. The SMILES string of the molecule is c1ccc(-c2ccc(-c3nc(-c4ccc5oc6c(-c7cccc8c7-c7ccccc7C87CCCCC7)cccc6c5c4)c4sc5ccccc5c4n3)cc2)cc1. The third-order valence-electron chi connectivity index (χ3n) is 12.5. The van der Waals surface area contributed by atoms with Crippen LogP contribution in [0.1, 0.15) is 43.2 Å². The lowest BCUT2D eigenvalue weighted by molar-refractivity contribution is 0.353. The Labute approximate surface area is 328 Å². The Kier molecular flexibility index (Phi) is 7.03. The molecule has 2 aliphatic rings. The summed E-state index contributed by atoms with van der Waals surface area (Å²) in [4.78, 5) is 10.6. The normalized spacial score (nSPS) is 14.6. The van der Waals surface area contributed by atoms with Gasteiger partial charge in [0.1, 0.15) is 11.2 Å². The summed E-state index contributed by atoms with van der Waals surface area (Å²) in [5, 5.41) is 3.37. The van der Waals surface area contributed by atoms with Gasteiger partial charge in [-0.25, -0.2) is 9.97 Å². The van der Waals surface area contributed by atoms with E-state index in [1.807, 2.05) is 0 Å². The minimum Gasteiger partial charge on any atom is -0.455 e. The van der Waals surface area contributed by atoms with Crippen LogP contribution in [0, 0.1) is 0 Å². The minimum atomic E-state index is 0.106. The number of rotatable bonds is 4. The van der Waals surface area contributed by atoms with Gasteiger partial charge in [0.15, 0.2) is 5.82 Å². The average molecular weight is 737 g/mol. The molecule has 0 unspecified atom stereocenters. The van der Waals surface area contributed by atoms with Crippen LogP contribution in [0.5, 0.6) is 0 Å². The van der Waals surface area contributed by atoms with Crippen LogP contribution >= 0.6 is 11.3 Å². The van der Waals surface area contributed by atoms with Crippen molar-refractivity contribution in [2.24, 2.45) is 0 Å². The predicted molar refractivity (Wildman–Crippen MR) is 233 cm³/mol. The highest BCUT2D eigenvalue weighted by Gasteiger charge is 2.44. The standard InChI is InChI=1S/C52H36N2OS/c1-3-13-32(14-4-1)33-23-25-34(26-24-33)51-53-47(50-48(54-51)40-16-6-8-22-45(40)56-50)35-27-28-44-41(31-35)38-19-11-18-37(49(38)55-44)36-17-12-21-43-46(36)39-15-5-7-20-42(39)52(43)29-9-2-10-30-52/h1,3-8,11-28,31H,2,9-10,29-30H2.